The molecule has 0 radical (unpaired) electrons. The number of halogens is 4. The number of benzene rings is 2. The zero-order valence-electron chi connectivity index (χ0n) is 13.5. The maximum Gasteiger partial charge on any atom is 0.417 e. The van der Waals surface area contributed by atoms with E-state index in [2.05, 4.69) is 5.32 Å². The van der Waals surface area contributed by atoms with Crippen LogP contribution in [0.3, 0.4) is 0 Å². The second-order valence-electron chi connectivity index (χ2n) is 5.55. The number of hydrogen-bond donors (Lipinski definition) is 1. The standard InChI is InChI=1S/C18H19ClF3NO/c1-12(14-7-3-4-9-16(14)24-2)10-23-11-13-6-5-8-15(17(13)19)18(20,21)22/h3-9,12,23H,10-11H2,1-2H3. The van der Waals surface area contributed by atoms with E-state index in [0.29, 0.717) is 12.1 Å². The first kappa shape index (κ1) is 18.6. The van der Waals surface area contributed by atoms with Gasteiger partial charge >= 0.3 is 6.18 Å². The fourth-order valence-corrected chi connectivity index (χ4v) is 2.84. The van der Waals surface area contributed by atoms with Crippen LogP contribution >= 0.6 is 11.6 Å². The van der Waals surface area contributed by atoms with Crippen LogP contribution in [0.2, 0.25) is 5.02 Å². The number of hydrogen-bond acceptors (Lipinski definition) is 2. The molecule has 0 bridgehead atoms. The van der Waals surface area contributed by atoms with Gasteiger partial charge in [-0.15, -0.1) is 0 Å². The Kier molecular flexibility index (Phi) is 6.13. The Hall–Kier alpha value is -1.72. The molecule has 1 atom stereocenters. The lowest BCUT2D eigenvalue weighted by atomic mass is 10.00. The SMILES string of the molecule is COc1ccccc1C(C)CNCc1cccc(C(F)(F)F)c1Cl. The van der Waals surface area contributed by atoms with Crippen LogP contribution in [0.4, 0.5) is 13.2 Å². The lowest BCUT2D eigenvalue weighted by molar-refractivity contribution is -0.137. The lowest BCUT2D eigenvalue weighted by Gasteiger charge is -2.17. The van der Waals surface area contributed by atoms with Crippen LogP contribution in [-0.4, -0.2) is 13.7 Å². The van der Waals surface area contributed by atoms with Crippen LogP contribution in [0.5, 0.6) is 5.75 Å². The molecule has 0 spiro atoms. The average molecular weight is 358 g/mol. The van der Waals surface area contributed by atoms with Gasteiger partial charge in [0.25, 0.3) is 0 Å². The fourth-order valence-electron chi connectivity index (χ4n) is 2.54. The fraction of sp³-hybridized carbons (Fsp3) is 0.333. The van der Waals surface area contributed by atoms with Gasteiger partial charge in [0.1, 0.15) is 5.75 Å². The maximum absolute atomic E-state index is 12.9. The average Bonchev–Trinajstić information content (AvgIpc) is 2.55. The summed E-state index contributed by atoms with van der Waals surface area (Å²) in [6.45, 7) is 2.88. The van der Waals surface area contributed by atoms with Gasteiger partial charge in [-0.3, -0.25) is 0 Å². The topological polar surface area (TPSA) is 21.3 Å². The highest BCUT2D eigenvalue weighted by molar-refractivity contribution is 6.32. The van der Waals surface area contributed by atoms with Crippen molar-refractivity contribution in [2.45, 2.75) is 25.6 Å². The largest absolute Gasteiger partial charge is 0.496 e. The van der Waals surface area contributed by atoms with E-state index in [1.165, 1.54) is 6.07 Å². The Labute approximate surface area is 144 Å². The number of ether oxygens (including phenoxy) is 1. The van der Waals surface area contributed by atoms with Crippen molar-refractivity contribution in [3.8, 4) is 5.75 Å². The lowest BCUT2D eigenvalue weighted by Crippen LogP contribution is -2.20. The minimum Gasteiger partial charge on any atom is -0.496 e. The third kappa shape index (κ3) is 4.42. The molecular weight excluding hydrogens is 339 g/mol. The molecule has 0 amide bonds. The summed E-state index contributed by atoms with van der Waals surface area (Å²) >= 11 is 5.89. The van der Waals surface area contributed by atoms with E-state index in [0.717, 1.165) is 17.4 Å². The highest BCUT2D eigenvalue weighted by Crippen LogP contribution is 2.36. The van der Waals surface area contributed by atoms with Gasteiger partial charge < -0.3 is 10.1 Å². The third-order valence-corrected chi connectivity index (χ3v) is 4.27. The van der Waals surface area contributed by atoms with Gasteiger partial charge in [0, 0.05) is 13.1 Å². The zero-order chi connectivity index (χ0) is 17.7. The van der Waals surface area contributed by atoms with Crippen LogP contribution in [0.25, 0.3) is 0 Å². The number of methoxy groups -OCH3 is 1. The summed E-state index contributed by atoms with van der Waals surface area (Å²) in [6, 6.07) is 11.6. The van der Waals surface area contributed by atoms with Gasteiger partial charge in [0.15, 0.2) is 0 Å². The number of alkyl halides is 3. The Morgan fingerprint density at radius 1 is 1.12 bits per heavy atom. The molecule has 24 heavy (non-hydrogen) atoms. The quantitative estimate of drug-likeness (QED) is 0.761. The predicted octanol–water partition coefficient (Wildman–Crippen LogP) is 5.26. The summed E-state index contributed by atoms with van der Waals surface area (Å²) in [4.78, 5) is 0. The molecule has 0 aliphatic carbocycles. The van der Waals surface area contributed by atoms with Crippen molar-refractivity contribution < 1.29 is 17.9 Å². The monoisotopic (exact) mass is 357 g/mol. The molecular formula is C18H19ClF3NO. The van der Waals surface area contributed by atoms with E-state index in [4.69, 9.17) is 16.3 Å². The summed E-state index contributed by atoms with van der Waals surface area (Å²) < 4.78 is 43.9. The second-order valence-corrected chi connectivity index (χ2v) is 5.93. The Morgan fingerprint density at radius 3 is 2.50 bits per heavy atom. The molecule has 0 fully saturated rings. The maximum atomic E-state index is 12.9. The van der Waals surface area contributed by atoms with Gasteiger partial charge in [-0.25, -0.2) is 0 Å². The van der Waals surface area contributed by atoms with Gasteiger partial charge in [0.05, 0.1) is 17.7 Å². The van der Waals surface area contributed by atoms with Gasteiger partial charge in [0.2, 0.25) is 0 Å². The first-order valence-corrected chi connectivity index (χ1v) is 7.90. The van der Waals surface area contributed by atoms with Crippen molar-refractivity contribution >= 4 is 11.6 Å². The number of para-hydroxylation sites is 1. The smallest absolute Gasteiger partial charge is 0.417 e. The highest BCUT2D eigenvalue weighted by atomic mass is 35.5. The summed E-state index contributed by atoms with van der Waals surface area (Å²) in [7, 11) is 1.61. The van der Waals surface area contributed by atoms with Crippen LogP contribution in [0, 0.1) is 0 Å². The molecule has 1 N–H and O–H groups in total. The predicted molar refractivity (Wildman–Crippen MR) is 89.6 cm³/mol. The molecule has 1 unspecified atom stereocenters. The summed E-state index contributed by atoms with van der Waals surface area (Å²) in [5.41, 5.74) is 0.669. The van der Waals surface area contributed by atoms with E-state index >= 15 is 0 Å². The highest BCUT2D eigenvalue weighted by Gasteiger charge is 2.33. The molecule has 0 heterocycles. The van der Waals surface area contributed by atoms with Crippen molar-refractivity contribution in [1.29, 1.82) is 0 Å². The second kappa shape index (κ2) is 7.90. The number of nitrogens with one attached hydrogen (secondary N) is 1. The van der Waals surface area contributed by atoms with Crippen LogP contribution in [0.15, 0.2) is 42.5 Å². The van der Waals surface area contributed by atoms with Gasteiger partial charge in [-0.1, -0.05) is 48.9 Å². The Balaban J connectivity index is 2.02. The van der Waals surface area contributed by atoms with Crippen LogP contribution in [-0.2, 0) is 12.7 Å². The van der Waals surface area contributed by atoms with Crippen molar-refractivity contribution in [3.63, 3.8) is 0 Å². The first-order chi connectivity index (χ1) is 11.3. The van der Waals surface area contributed by atoms with Crippen LogP contribution in [0.1, 0.15) is 29.5 Å². The molecule has 2 rings (SSSR count). The Bertz CT molecular complexity index is 688. The Morgan fingerprint density at radius 2 is 1.83 bits per heavy atom. The van der Waals surface area contributed by atoms with E-state index in [1.807, 2.05) is 31.2 Å². The summed E-state index contributed by atoms with van der Waals surface area (Å²) in [5.74, 6) is 0.939. The van der Waals surface area contributed by atoms with Gasteiger partial charge in [-0.2, -0.15) is 13.2 Å². The zero-order valence-corrected chi connectivity index (χ0v) is 14.2. The van der Waals surface area contributed by atoms with Gasteiger partial charge in [-0.05, 0) is 29.2 Å². The van der Waals surface area contributed by atoms with E-state index in [1.54, 1.807) is 13.2 Å². The molecule has 0 saturated heterocycles. The third-order valence-electron chi connectivity index (χ3n) is 3.82. The summed E-state index contributed by atoms with van der Waals surface area (Å²) in [5, 5.41) is 2.92. The molecule has 2 nitrogen and oxygen atoms in total. The molecule has 130 valence electrons. The molecule has 2 aromatic rings. The normalized spacial score (nSPS) is 12.9. The van der Waals surface area contributed by atoms with E-state index < -0.39 is 11.7 Å². The van der Waals surface area contributed by atoms with E-state index in [9.17, 15) is 13.2 Å². The van der Waals surface area contributed by atoms with Crippen molar-refractivity contribution in [2.75, 3.05) is 13.7 Å². The van der Waals surface area contributed by atoms with E-state index in [-0.39, 0.29) is 17.5 Å². The molecule has 0 aliphatic rings. The minimum atomic E-state index is -4.45. The molecule has 2 aromatic carbocycles. The summed E-state index contributed by atoms with van der Waals surface area (Å²) in [6.07, 6.45) is -4.45. The first-order valence-electron chi connectivity index (χ1n) is 7.52. The molecule has 0 saturated carbocycles. The molecule has 0 aliphatic heterocycles. The van der Waals surface area contributed by atoms with Crippen molar-refractivity contribution in [2.24, 2.45) is 0 Å². The van der Waals surface area contributed by atoms with Crippen molar-refractivity contribution in [3.05, 3.63) is 64.2 Å². The minimum absolute atomic E-state index is 0.144. The molecule has 0 aromatic heterocycles. The number of rotatable bonds is 6. The van der Waals surface area contributed by atoms with Crippen molar-refractivity contribution in [1.82, 2.24) is 5.32 Å². The van der Waals surface area contributed by atoms with Crippen LogP contribution < -0.4 is 10.1 Å². The molecule has 6 heteroatoms.